The highest BCUT2D eigenvalue weighted by Gasteiger charge is 2.53. The minimum absolute atomic E-state index is 0.0763. The number of hydrogen-bond acceptors (Lipinski definition) is 4. The molecule has 27 heavy (non-hydrogen) atoms. The second-order valence-electron chi connectivity index (χ2n) is 7.70. The standard InChI is InChI=1S/C21H21ClN4O/c1-12-7-16(9-19(22)25-12)26-18-8-14(15-10-23-13(2)24-11-15)5-6-17(18)21(3,4)20(26)27/h5-11,17-18H,1-4H3. The molecule has 2 unspecified atom stereocenters. The highest BCUT2D eigenvalue weighted by molar-refractivity contribution is 6.29. The fourth-order valence-electron chi connectivity index (χ4n) is 3.93. The smallest absolute Gasteiger partial charge is 0.233 e. The van der Waals surface area contributed by atoms with Crippen LogP contribution in [0.1, 0.15) is 30.9 Å². The van der Waals surface area contributed by atoms with Gasteiger partial charge in [-0.05, 0) is 31.6 Å². The highest BCUT2D eigenvalue weighted by atomic mass is 35.5. The maximum Gasteiger partial charge on any atom is 0.233 e. The molecule has 4 rings (SSSR count). The Hall–Kier alpha value is -2.53. The zero-order valence-electron chi connectivity index (χ0n) is 15.8. The topological polar surface area (TPSA) is 59.0 Å². The molecule has 138 valence electrons. The van der Waals surface area contributed by atoms with E-state index >= 15 is 0 Å². The van der Waals surface area contributed by atoms with Crippen molar-refractivity contribution in [2.75, 3.05) is 4.90 Å². The number of nitrogens with zero attached hydrogens (tertiary/aromatic N) is 4. The normalized spacial score (nSPS) is 23.4. The maximum atomic E-state index is 13.3. The summed E-state index contributed by atoms with van der Waals surface area (Å²) in [5.41, 5.74) is 3.02. The van der Waals surface area contributed by atoms with Crippen LogP contribution in [0.4, 0.5) is 5.69 Å². The van der Waals surface area contributed by atoms with E-state index in [1.54, 1.807) is 6.07 Å². The predicted octanol–water partition coefficient (Wildman–Crippen LogP) is 4.15. The van der Waals surface area contributed by atoms with Crippen molar-refractivity contribution in [2.24, 2.45) is 11.3 Å². The molecular formula is C21H21ClN4O. The number of anilines is 1. The second-order valence-corrected chi connectivity index (χ2v) is 8.09. The lowest BCUT2D eigenvalue weighted by molar-refractivity contribution is -0.124. The van der Waals surface area contributed by atoms with E-state index in [2.05, 4.69) is 33.2 Å². The molecule has 0 spiro atoms. The van der Waals surface area contributed by atoms with Gasteiger partial charge in [-0.3, -0.25) is 4.79 Å². The minimum atomic E-state index is -0.503. The summed E-state index contributed by atoms with van der Waals surface area (Å²) >= 11 is 6.17. The zero-order valence-corrected chi connectivity index (χ0v) is 16.5. The monoisotopic (exact) mass is 380 g/mol. The van der Waals surface area contributed by atoms with Gasteiger partial charge >= 0.3 is 0 Å². The van der Waals surface area contributed by atoms with Crippen LogP contribution in [0.5, 0.6) is 0 Å². The molecule has 1 aliphatic carbocycles. The third-order valence-electron chi connectivity index (χ3n) is 5.40. The zero-order chi connectivity index (χ0) is 19.3. The summed E-state index contributed by atoms with van der Waals surface area (Å²) in [5, 5.41) is 0.390. The number of pyridine rings is 1. The first-order chi connectivity index (χ1) is 12.8. The SMILES string of the molecule is Cc1cc(N2C(=O)C(C)(C)C3C=CC(c4cnc(C)nc4)=CC32)cc(Cl)n1. The molecule has 1 aliphatic heterocycles. The van der Waals surface area contributed by atoms with Crippen molar-refractivity contribution in [3.63, 3.8) is 0 Å². The third-order valence-corrected chi connectivity index (χ3v) is 5.60. The first-order valence-corrected chi connectivity index (χ1v) is 9.32. The summed E-state index contributed by atoms with van der Waals surface area (Å²) in [6, 6.07) is 3.57. The van der Waals surface area contributed by atoms with Crippen molar-refractivity contribution in [2.45, 2.75) is 33.7 Å². The van der Waals surface area contributed by atoms with E-state index in [1.165, 1.54) is 0 Å². The van der Waals surface area contributed by atoms with Gasteiger partial charge in [-0.15, -0.1) is 0 Å². The van der Waals surface area contributed by atoms with Gasteiger partial charge < -0.3 is 4.90 Å². The lowest BCUT2D eigenvalue weighted by Gasteiger charge is -2.28. The molecule has 2 aromatic heterocycles. The van der Waals surface area contributed by atoms with Crippen molar-refractivity contribution in [3.8, 4) is 0 Å². The molecule has 0 radical (unpaired) electrons. The van der Waals surface area contributed by atoms with Crippen molar-refractivity contribution in [1.29, 1.82) is 0 Å². The first kappa shape index (κ1) is 17.9. The van der Waals surface area contributed by atoms with Crippen LogP contribution in [0.3, 0.4) is 0 Å². The quantitative estimate of drug-likeness (QED) is 0.734. The summed E-state index contributed by atoms with van der Waals surface area (Å²) in [6.45, 7) is 7.74. The predicted molar refractivity (Wildman–Crippen MR) is 106 cm³/mol. The van der Waals surface area contributed by atoms with E-state index in [4.69, 9.17) is 11.6 Å². The van der Waals surface area contributed by atoms with E-state index < -0.39 is 5.41 Å². The fraction of sp³-hybridized carbons (Fsp3) is 0.333. The van der Waals surface area contributed by atoms with Crippen LogP contribution in [0.15, 0.2) is 42.8 Å². The first-order valence-electron chi connectivity index (χ1n) is 8.94. The summed E-state index contributed by atoms with van der Waals surface area (Å²) in [6.07, 6.45) is 9.97. The molecule has 2 aliphatic rings. The summed E-state index contributed by atoms with van der Waals surface area (Å²) in [7, 11) is 0. The Morgan fingerprint density at radius 3 is 2.52 bits per heavy atom. The summed E-state index contributed by atoms with van der Waals surface area (Å²) < 4.78 is 0. The van der Waals surface area contributed by atoms with Gasteiger partial charge in [0.15, 0.2) is 0 Å². The molecule has 0 N–H and O–H groups in total. The molecule has 2 aromatic rings. The second kappa shape index (κ2) is 6.27. The van der Waals surface area contributed by atoms with Gasteiger partial charge in [0.1, 0.15) is 11.0 Å². The molecule has 5 nitrogen and oxygen atoms in total. The largest absolute Gasteiger partial charge is 0.304 e. The molecule has 1 fully saturated rings. The summed E-state index contributed by atoms with van der Waals surface area (Å²) in [4.78, 5) is 27.9. The molecule has 3 heterocycles. The molecule has 1 amide bonds. The average molecular weight is 381 g/mol. The van der Waals surface area contributed by atoms with E-state index in [1.807, 2.05) is 51.1 Å². The van der Waals surface area contributed by atoms with Gasteiger partial charge in [0.25, 0.3) is 0 Å². The van der Waals surface area contributed by atoms with Gasteiger partial charge in [-0.2, -0.15) is 0 Å². The average Bonchev–Trinajstić information content (AvgIpc) is 2.81. The number of hydrogen-bond donors (Lipinski definition) is 0. The Bertz CT molecular complexity index is 958. The molecule has 2 atom stereocenters. The van der Waals surface area contributed by atoms with Gasteiger partial charge in [0.05, 0.1) is 11.5 Å². The van der Waals surface area contributed by atoms with Crippen LogP contribution >= 0.6 is 11.6 Å². The summed E-state index contributed by atoms with van der Waals surface area (Å²) in [5.74, 6) is 0.895. The molecular weight excluding hydrogens is 360 g/mol. The highest BCUT2D eigenvalue weighted by Crippen LogP contribution is 2.47. The minimum Gasteiger partial charge on any atom is -0.304 e. The number of halogens is 1. The Labute approximate surface area is 163 Å². The fourth-order valence-corrected chi connectivity index (χ4v) is 4.17. The number of allylic oxidation sites excluding steroid dienone is 2. The van der Waals surface area contributed by atoms with Crippen molar-refractivity contribution in [1.82, 2.24) is 15.0 Å². The number of amides is 1. The maximum absolute atomic E-state index is 13.3. The van der Waals surface area contributed by atoms with E-state index in [9.17, 15) is 4.79 Å². The van der Waals surface area contributed by atoms with E-state index in [0.717, 1.165) is 28.3 Å². The Morgan fingerprint density at radius 2 is 1.85 bits per heavy atom. The molecule has 6 heteroatoms. The Morgan fingerprint density at radius 1 is 1.15 bits per heavy atom. The number of carbonyl (C=O) groups is 1. The van der Waals surface area contributed by atoms with Crippen LogP contribution in [-0.2, 0) is 4.79 Å². The lowest BCUT2D eigenvalue weighted by Crippen LogP contribution is -2.35. The third kappa shape index (κ3) is 2.96. The van der Waals surface area contributed by atoms with Gasteiger partial charge in [0.2, 0.25) is 5.91 Å². The lowest BCUT2D eigenvalue weighted by atomic mass is 9.75. The van der Waals surface area contributed by atoms with Crippen molar-refractivity contribution < 1.29 is 4.79 Å². The molecule has 1 saturated heterocycles. The molecule has 0 aromatic carbocycles. The van der Waals surface area contributed by atoms with Crippen molar-refractivity contribution in [3.05, 3.63) is 65.0 Å². The Kier molecular flexibility index (Phi) is 4.15. The number of aromatic nitrogens is 3. The number of rotatable bonds is 2. The van der Waals surface area contributed by atoms with E-state index in [0.29, 0.717) is 5.15 Å². The van der Waals surface area contributed by atoms with Crippen molar-refractivity contribution >= 4 is 28.8 Å². The van der Waals surface area contributed by atoms with Crippen LogP contribution in [0.25, 0.3) is 5.57 Å². The molecule has 0 saturated carbocycles. The van der Waals surface area contributed by atoms with Gasteiger partial charge in [0, 0.05) is 35.3 Å². The van der Waals surface area contributed by atoms with Gasteiger partial charge in [-0.25, -0.2) is 15.0 Å². The van der Waals surface area contributed by atoms with Crippen LogP contribution in [0, 0.1) is 25.2 Å². The van der Waals surface area contributed by atoms with Crippen LogP contribution < -0.4 is 4.90 Å². The van der Waals surface area contributed by atoms with Crippen LogP contribution in [-0.4, -0.2) is 26.9 Å². The number of fused-ring (bicyclic) bond motifs is 1. The van der Waals surface area contributed by atoms with Gasteiger partial charge in [-0.1, -0.05) is 43.7 Å². The Balaban J connectivity index is 1.81. The number of carbonyl (C=O) groups excluding carboxylic acids is 1. The van der Waals surface area contributed by atoms with Crippen LogP contribution in [0.2, 0.25) is 5.15 Å². The molecule has 0 bridgehead atoms. The van der Waals surface area contributed by atoms with E-state index in [-0.39, 0.29) is 17.9 Å². The number of aryl methyl sites for hydroxylation is 2.